The standard InChI is InChI=1S/C21H29ClN6O.C8H9N.C2H6/c1-3-17-14-19(25-21(24-17)26-10-12-29-13-11-26)28-9-8-27(15-16(28)2)20-18(22)6-4-5-7-23-20;1-3-5-6-8(4-2)7-9;1-2/h4-5,7,14,16H,3,6,8-13,15H2,1-2H3;3-4,6H,1-2,5H2;1-2H3/b;8-6+;. The molecule has 0 radical (unpaired) electrons. The van der Waals surface area contributed by atoms with Crippen LogP contribution in [0.3, 0.4) is 0 Å². The minimum atomic E-state index is 0.296. The third kappa shape index (κ3) is 9.65. The number of morpholine rings is 1. The number of anilines is 2. The highest BCUT2D eigenvalue weighted by atomic mass is 35.5. The second-order valence-corrected chi connectivity index (χ2v) is 9.55. The summed E-state index contributed by atoms with van der Waals surface area (Å²) in [5.74, 6) is 2.73. The normalized spacial score (nSPS) is 19.1. The van der Waals surface area contributed by atoms with Gasteiger partial charge in [0.2, 0.25) is 5.95 Å². The molecule has 1 aromatic rings. The maximum absolute atomic E-state index is 8.33. The molecule has 0 aliphatic carbocycles. The van der Waals surface area contributed by atoms with Crippen molar-refractivity contribution in [3.05, 3.63) is 71.7 Å². The first-order chi connectivity index (χ1) is 19.5. The number of hydrogen-bond acceptors (Lipinski definition) is 8. The lowest BCUT2D eigenvalue weighted by Crippen LogP contribution is -2.52. The molecule has 9 heteroatoms. The predicted molar refractivity (Wildman–Crippen MR) is 168 cm³/mol. The zero-order valence-electron chi connectivity index (χ0n) is 24.5. The molecule has 0 aromatic carbocycles. The molecule has 0 saturated carbocycles. The van der Waals surface area contributed by atoms with Crippen LogP contribution in [0.2, 0.25) is 0 Å². The van der Waals surface area contributed by atoms with Crippen molar-refractivity contribution in [1.29, 1.82) is 5.26 Å². The largest absolute Gasteiger partial charge is 0.378 e. The number of piperazine rings is 1. The van der Waals surface area contributed by atoms with Crippen LogP contribution in [0, 0.1) is 11.3 Å². The number of rotatable bonds is 7. The third-order valence-corrected chi connectivity index (χ3v) is 6.77. The Morgan fingerprint density at radius 3 is 2.55 bits per heavy atom. The van der Waals surface area contributed by atoms with Crippen LogP contribution in [0.4, 0.5) is 11.8 Å². The quantitative estimate of drug-likeness (QED) is 0.226. The highest BCUT2D eigenvalue weighted by Gasteiger charge is 2.28. The van der Waals surface area contributed by atoms with Crippen LogP contribution in [0.25, 0.3) is 0 Å². The summed E-state index contributed by atoms with van der Waals surface area (Å²) in [5.41, 5.74) is 1.69. The van der Waals surface area contributed by atoms with Crippen LogP contribution in [-0.4, -0.2) is 73.1 Å². The van der Waals surface area contributed by atoms with Crippen LogP contribution >= 0.6 is 11.6 Å². The van der Waals surface area contributed by atoms with Crippen LogP contribution in [0.15, 0.2) is 71.0 Å². The van der Waals surface area contributed by atoms with Crippen LogP contribution in [0.1, 0.15) is 46.2 Å². The van der Waals surface area contributed by atoms with E-state index >= 15 is 0 Å². The molecular formula is C31H44ClN7O. The molecule has 40 heavy (non-hydrogen) atoms. The van der Waals surface area contributed by atoms with Crippen molar-refractivity contribution in [2.45, 2.75) is 53.0 Å². The van der Waals surface area contributed by atoms with Crippen LogP contribution in [-0.2, 0) is 11.2 Å². The molecule has 1 aromatic heterocycles. The van der Waals surface area contributed by atoms with Gasteiger partial charge in [0.05, 0.1) is 24.3 Å². The molecule has 2 fully saturated rings. The van der Waals surface area contributed by atoms with Gasteiger partial charge in [0.25, 0.3) is 0 Å². The number of aromatic nitrogens is 2. The number of aliphatic imine (C=N–C) groups is 1. The van der Waals surface area contributed by atoms with Gasteiger partial charge in [0, 0.05) is 68.7 Å². The van der Waals surface area contributed by atoms with Gasteiger partial charge in [-0.2, -0.15) is 10.2 Å². The van der Waals surface area contributed by atoms with Gasteiger partial charge in [0.1, 0.15) is 11.6 Å². The number of nitriles is 1. The number of nitrogens with zero attached hydrogens (tertiary/aromatic N) is 7. The Morgan fingerprint density at radius 2 is 1.93 bits per heavy atom. The summed E-state index contributed by atoms with van der Waals surface area (Å²) in [4.78, 5) is 21.2. The second-order valence-electron chi connectivity index (χ2n) is 9.10. The van der Waals surface area contributed by atoms with Crippen molar-refractivity contribution in [3.63, 3.8) is 0 Å². The first-order valence-corrected chi connectivity index (χ1v) is 14.5. The average Bonchev–Trinajstić information content (AvgIpc) is 3.23. The Bertz CT molecular complexity index is 1130. The second kappa shape index (κ2) is 18.0. The average molecular weight is 566 g/mol. The molecule has 3 aliphatic heterocycles. The predicted octanol–water partition coefficient (Wildman–Crippen LogP) is 6.05. The molecule has 4 rings (SSSR count). The number of allylic oxidation sites excluding steroid dienone is 7. The Kier molecular flexibility index (Phi) is 14.8. The summed E-state index contributed by atoms with van der Waals surface area (Å²) < 4.78 is 5.48. The number of aryl methyl sites for hydroxylation is 1. The van der Waals surface area contributed by atoms with Gasteiger partial charge in [-0.05, 0) is 25.8 Å². The fourth-order valence-electron chi connectivity index (χ4n) is 4.34. The zero-order valence-corrected chi connectivity index (χ0v) is 25.3. The summed E-state index contributed by atoms with van der Waals surface area (Å²) in [6, 6.07) is 4.41. The van der Waals surface area contributed by atoms with Crippen molar-refractivity contribution >= 4 is 29.6 Å². The van der Waals surface area contributed by atoms with Gasteiger partial charge >= 0.3 is 0 Å². The van der Waals surface area contributed by atoms with E-state index in [4.69, 9.17) is 31.6 Å². The summed E-state index contributed by atoms with van der Waals surface area (Å²) in [6.07, 6.45) is 13.2. The van der Waals surface area contributed by atoms with Crippen molar-refractivity contribution in [2.24, 2.45) is 4.99 Å². The summed E-state index contributed by atoms with van der Waals surface area (Å²) in [5, 5.41) is 9.13. The van der Waals surface area contributed by atoms with E-state index in [9.17, 15) is 0 Å². The minimum absolute atomic E-state index is 0.296. The summed E-state index contributed by atoms with van der Waals surface area (Å²) in [6.45, 7) is 21.1. The molecule has 0 amide bonds. The molecule has 0 N–H and O–H groups in total. The van der Waals surface area contributed by atoms with E-state index in [1.54, 1.807) is 12.2 Å². The highest BCUT2D eigenvalue weighted by molar-refractivity contribution is 6.30. The zero-order chi connectivity index (χ0) is 29.3. The maximum atomic E-state index is 8.33. The number of hydrogen-bond donors (Lipinski definition) is 0. The van der Waals surface area contributed by atoms with Crippen LogP contribution in [0.5, 0.6) is 0 Å². The SMILES string of the molecule is C=CC/C=C(/C#N)C=C.CC.CCc1cc(N2CCN(C3=C(Cl)CC=CC=N3)CC2C)nc(N2CCOCC2)n1. The molecule has 4 heterocycles. The lowest BCUT2D eigenvalue weighted by atomic mass is 10.1. The van der Waals surface area contributed by atoms with Crippen molar-refractivity contribution in [3.8, 4) is 6.07 Å². The van der Waals surface area contributed by atoms with Gasteiger partial charge in [-0.1, -0.05) is 63.3 Å². The molecule has 1 atom stereocenters. The van der Waals surface area contributed by atoms with Gasteiger partial charge in [-0.15, -0.1) is 6.58 Å². The van der Waals surface area contributed by atoms with Crippen molar-refractivity contribution < 1.29 is 4.74 Å². The number of halogens is 1. The minimum Gasteiger partial charge on any atom is -0.378 e. The Balaban J connectivity index is 0.000000436. The van der Waals surface area contributed by atoms with Gasteiger partial charge in [0.15, 0.2) is 0 Å². The highest BCUT2D eigenvalue weighted by Crippen LogP contribution is 2.27. The van der Waals surface area contributed by atoms with Crippen molar-refractivity contribution in [2.75, 3.05) is 55.7 Å². The third-order valence-electron chi connectivity index (χ3n) is 6.44. The molecule has 216 valence electrons. The number of ether oxygens (including phenoxy) is 1. The lowest BCUT2D eigenvalue weighted by molar-refractivity contribution is 0.122. The molecule has 3 aliphatic rings. The topological polar surface area (TPSA) is 80.9 Å². The monoisotopic (exact) mass is 565 g/mol. The van der Waals surface area contributed by atoms with Gasteiger partial charge < -0.3 is 19.4 Å². The van der Waals surface area contributed by atoms with E-state index in [1.807, 2.05) is 38.3 Å². The fourth-order valence-corrected chi connectivity index (χ4v) is 4.60. The Morgan fingerprint density at radius 1 is 1.18 bits per heavy atom. The Labute approximate surface area is 245 Å². The fraction of sp³-hybridized carbons (Fsp3) is 0.484. The Hall–Kier alpha value is -3.41. The molecule has 8 nitrogen and oxygen atoms in total. The van der Waals surface area contributed by atoms with E-state index < -0.39 is 0 Å². The lowest BCUT2D eigenvalue weighted by Gasteiger charge is -2.42. The molecule has 0 spiro atoms. The van der Waals surface area contributed by atoms with Gasteiger partial charge in [-0.3, -0.25) is 0 Å². The van der Waals surface area contributed by atoms with E-state index in [1.165, 1.54) is 6.08 Å². The van der Waals surface area contributed by atoms with Crippen LogP contribution < -0.4 is 9.80 Å². The molecule has 0 bridgehead atoms. The first-order valence-electron chi connectivity index (χ1n) is 14.1. The van der Waals surface area contributed by atoms with E-state index in [-0.39, 0.29) is 0 Å². The van der Waals surface area contributed by atoms with Gasteiger partial charge in [-0.25, -0.2) is 9.98 Å². The first kappa shape index (κ1) is 32.8. The van der Waals surface area contributed by atoms with Crippen molar-refractivity contribution in [1.82, 2.24) is 14.9 Å². The molecular weight excluding hydrogens is 522 g/mol. The van der Waals surface area contributed by atoms with E-state index in [2.05, 4.69) is 52.8 Å². The van der Waals surface area contributed by atoms with E-state index in [0.29, 0.717) is 11.6 Å². The summed E-state index contributed by atoms with van der Waals surface area (Å²) in [7, 11) is 0. The molecule has 2 saturated heterocycles. The molecule has 1 unspecified atom stereocenters. The summed E-state index contributed by atoms with van der Waals surface area (Å²) >= 11 is 6.49. The smallest absolute Gasteiger partial charge is 0.227 e. The van der Waals surface area contributed by atoms with E-state index in [0.717, 1.165) is 93.5 Å². The maximum Gasteiger partial charge on any atom is 0.227 e.